The number of carbonyl (C=O) groups is 1. The molecule has 0 saturated heterocycles. The van der Waals surface area contributed by atoms with E-state index in [0.717, 1.165) is 21.2 Å². The molecule has 1 heterocycles. The van der Waals surface area contributed by atoms with Crippen LogP contribution in [-0.4, -0.2) is 11.1 Å². The Balaban J connectivity index is 1.37. The molecule has 0 unspecified atom stereocenters. The molecular formula is C25H22BrNO3. The highest BCUT2D eigenvalue weighted by atomic mass is 79.9. The Hall–Kier alpha value is -2.84. The number of aromatic nitrogens is 1. The van der Waals surface area contributed by atoms with E-state index in [1.165, 1.54) is 25.7 Å². The lowest BCUT2D eigenvalue weighted by atomic mass is 10.0. The van der Waals surface area contributed by atoms with Gasteiger partial charge < -0.3 is 9.26 Å². The second-order valence-electron chi connectivity index (χ2n) is 7.54. The van der Waals surface area contributed by atoms with Gasteiger partial charge in [-0.15, -0.1) is 0 Å². The molecule has 0 aliphatic heterocycles. The third kappa shape index (κ3) is 5.01. The van der Waals surface area contributed by atoms with Crippen LogP contribution in [0.15, 0.2) is 57.5 Å². The highest BCUT2D eigenvalue weighted by Crippen LogP contribution is 2.24. The van der Waals surface area contributed by atoms with E-state index in [4.69, 9.17) is 9.26 Å². The smallest absolute Gasteiger partial charge is 0.338 e. The number of aryl methyl sites for hydroxylation is 1. The van der Waals surface area contributed by atoms with Crippen molar-refractivity contribution < 1.29 is 14.1 Å². The summed E-state index contributed by atoms with van der Waals surface area (Å²) in [7, 11) is 0. The predicted molar refractivity (Wildman–Crippen MR) is 119 cm³/mol. The lowest BCUT2D eigenvalue weighted by molar-refractivity contribution is 0.0437. The average Bonchev–Trinajstić information content (AvgIpc) is 3.44. The summed E-state index contributed by atoms with van der Waals surface area (Å²) in [6.07, 6.45) is 4.95. The first kappa shape index (κ1) is 20.4. The van der Waals surface area contributed by atoms with Crippen LogP contribution in [0.1, 0.15) is 52.9 Å². The van der Waals surface area contributed by atoms with E-state index in [1.54, 1.807) is 12.1 Å². The predicted octanol–water partition coefficient (Wildman–Crippen LogP) is 6.31. The van der Waals surface area contributed by atoms with Crippen LogP contribution in [-0.2, 0) is 11.3 Å². The molecule has 1 aliphatic carbocycles. The summed E-state index contributed by atoms with van der Waals surface area (Å²) in [5.74, 6) is 7.25. The minimum Gasteiger partial charge on any atom is -0.454 e. The number of benzene rings is 2. The van der Waals surface area contributed by atoms with Gasteiger partial charge in [-0.1, -0.05) is 57.9 Å². The van der Waals surface area contributed by atoms with Crippen LogP contribution in [0.3, 0.4) is 0 Å². The van der Waals surface area contributed by atoms with Crippen LogP contribution in [0.4, 0.5) is 0 Å². The average molecular weight is 464 g/mol. The number of hydrogen-bond acceptors (Lipinski definition) is 4. The maximum absolute atomic E-state index is 12.4. The third-order valence-electron chi connectivity index (χ3n) is 5.27. The number of esters is 1. The molecular weight excluding hydrogens is 442 g/mol. The molecule has 0 spiro atoms. The molecule has 1 aliphatic rings. The van der Waals surface area contributed by atoms with Crippen LogP contribution in [0, 0.1) is 24.7 Å². The molecule has 30 heavy (non-hydrogen) atoms. The molecule has 0 atom stereocenters. The summed E-state index contributed by atoms with van der Waals surface area (Å²) in [6, 6.07) is 15.0. The molecule has 1 fully saturated rings. The van der Waals surface area contributed by atoms with Gasteiger partial charge in [-0.2, -0.15) is 0 Å². The number of ether oxygens (including phenoxy) is 1. The van der Waals surface area contributed by atoms with Gasteiger partial charge in [0, 0.05) is 27.6 Å². The van der Waals surface area contributed by atoms with E-state index >= 15 is 0 Å². The fourth-order valence-corrected chi connectivity index (χ4v) is 3.80. The van der Waals surface area contributed by atoms with Gasteiger partial charge in [-0.05, 0) is 55.7 Å². The normalized spacial score (nSPS) is 13.7. The molecule has 5 heteroatoms. The Bertz CT molecular complexity index is 1100. The SMILES string of the molecule is Cc1cc(C(=O)OCc2cc(-c3ccc(Br)cc3)no2)ccc1C#CC1CCCC1. The first-order valence-corrected chi connectivity index (χ1v) is 10.9. The van der Waals surface area contributed by atoms with Crippen LogP contribution in [0.25, 0.3) is 11.3 Å². The van der Waals surface area contributed by atoms with Crippen molar-refractivity contribution in [2.24, 2.45) is 5.92 Å². The maximum atomic E-state index is 12.4. The molecule has 0 bridgehead atoms. The van der Waals surface area contributed by atoms with Crippen molar-refractivity contribution in [1.29, 1.82) is 0 Å². The zero-order chi connectivity index (χ0) is 20.9. The van der Waals surface area contributed by atoms with Crippen LogP contribution in [0.2, 0.25) is 0 Å². The van der Waals surface area contributed by atoms with Crippen molar-refractivity contribution in [3.8, 4) is 23.1 Å². The summed E-state index contributed by atoms with van der Waals surface area (Å²) in [5.41, 5.74) is 4.09. The summed E-state index contributed by atoms with van der Waals surface area (Å²) in [6.45, 7) is 2.00. The lowest BCUT2D eigenvalue weighted by Gasteiger charge is -2.05. The largest absolute Gasteiger partial charge is 0.454 e. The van der Waals surface area contributed by atoms with Gasteiger partial charge in [0.05, 0.1) is 5.56 Å². The highest BCUT2D eigenvalue weighted by Gasteiger charge is 2.13. The quantitative estimate of drug-likeness (QED) is 0.335. The van der Waals surface area contributed by atoms with E-state index in [1.807, 2.05) is 43.3 Å². The van der Waals surface area contributed by atoms with Crippen molar-refractivity contribution in [3.63, 3.8) is 0 Å². The molecule has 4 rings (SSSR count). The molecule has 1 saturated carbocycles. The van der Waals surface area contributed by atoms with Crippen molar-refractivity contribution in [1.82, 2.24) is 5.16 Å². The van der Waals surface area contributed by atoms with Crippen molar-refractivity contribution in [2.45, 2.75) is 39.2 Å². The van der Waals surface area contributed by atoms with Crippen LogP contribution in [0.5, 0.6) is 0 Å². The lowest BCUT2D eigenvalue weighted by Crippen LogP contribution is -2.05. The molecule has 152 valence electrons. The molecule has 4 nitrogen and oxygen atoms in total. The van der Waals surface area contributed by atoms with Gasteiger partial charge in [-0.3, -0.25) is 0 Å². The van der Waals surface area contributed by atoms with E-state index in [0.29, 0.717) is 22.9 Å². The maximum Gasteiger partial charge on any atom is 0.338 e. The summed E-state index contributed by atoms with van der Waals surface area (Å²) in [5, 5.41) is 4.05. The fraction of sp³-hybridized carbons (Fsp3) is 0.280. The minimum atomic E-state index is -0.394. The third-order valence-corrected chi connectivity index (χ3v) is 5.80. The highest BCUT2D eigenvalue weighted by molar-refractivity contribution is 9.10. The first-order chi connectivity index (χ1) is 14.6. The molecule has 1 aromatic heterocycles. The van der Waals surface area contributed by atoms with Crippen LogP contribution >= 0.6 is 15.9 Å². The monoisotopic (exact) mass is 463 g/mol. The molecule has 0 N–H and O–H groups in total. The molecule has 3 aromatic rings. The van der Waals surface area contributed by atoms with E-state index in [2.05, 4.69) is 32.9 Å². The zero-order valence-corrected chi connectivity index (χ0v) is 18.4. The zero-order valence-electron chi connectivity index (χ0n) is 16.8. The van der Waals surface area contributed by atoms with Crippen molar-refractivity contribution in [2.75, 3.05) is 0 Å². The molecule has 0 radical (unpaired) electrons. The minimum absolute atomic E-state index is 0.0324. The van der Waals surface area contributed by atoms with Gasteiger partial charge in [0.2, 0.25) is 0 Å². The Labute approximate surface area is 184 Å². The van der Waals surface area contributed by atoms with Gasteiger partial charge in [0.25, 0.3) is 0 Å². The summed E-state index contributed by atoms with van der Waals surface area (Å²) >= 11 is 3.41. The van der Waals surface area contributed by atoms with Gasteiger partial charge >= 0.3 is 5.97 Å². The van der Waals surface area contributed by atoms with Gasteiger partial charge in [0.15, 0.2) is 12.4 Å². The number of rotatable bonds is 4. The standard InChI is InChI=1S/C25H22BrNO3/c1-17-14-21(9-8-19(17)7-6-18-4-2-3-5-18)25(28)29-16-23-15-24(27-30-23)20-10-12-22(26)13-11-20/h8-15,18H,2-5,16H2,1H3. The number of halogens is 1. The van der Waals surface area contributed by atoms with E-state index < -0.39 is 5.97 Å². The Morgan fingerprint density at radius 3 is 2.67 bits per heavy atom. The second kappa shape index (κ2) is 9.32. The molecule has 2 aromatic carbocycles. The number of carbonyl (C=O) groups excluding carboxylic acids is 1. The Kier molecular flexibility index (Phi) is 6.35. The first-order valence-electron chi connectivity index (χ1n) is 10.1. The Morgan fingerprint density at radius 2 is 1.93 bits per heavy atom. The Morgan fingerprint density at radius 1 is 1.17 bits per heavy atom. The number of hydrogen-bond donors (Lipinski definition) is 0. The molecule has 0 amide bonds. The second-order valence-corrected chi connectivity index (χ2v) is 8.46. The van der Waals surface area contributed by atoms with E-state index in [-0.39, 0.29) is 6.61 Å². The van der Waals surface area contributed by atoms with Crippen molar-refractivity contribution >= 4 is 21.9 Å². The topological polar surface area (TPSA) is 52.3 Å². The number of nitrogens with zero attached hydrogens (tertiary/aromatic N) is 1. The van der Waals surface area contributed by atoms with E-state index in [9.17, 15) is 4.79 Å². The summed E-state index contributed by atoms with van der Waals surface area (Å²) in [4.78, 5) is 12.4. The fourth-order valence-electron chi connectivity index (χ4n) is 3.54. The van der Waals surface area contributed by atoms with Crippen molar-refractivity contribution in [3.05, 3.63) is 75.5 Å². The van der Waals surface area contributed by atoms with Crippen LogP contribution < -0.4 is 0 Å². The van der Waals surface area contributed by atoms with Gasteiger partial charge in [0.1, 0.15) is 5.69 Å². The summed E-state index contributed by atoms with van der Waals surface area (Å²) < 4.78 is 11.7. The van der Waals surface area contributed by atoms with Gasteiger partial charge in [-0.25, -0.2) is 4.79 Å².